The molecule has 0 aliphatic rings. The number of hydrogen-bond donors (Lipinski definition) is 0. The lowest BCUT2D eigenvalue weighted by Gasteiger charge is -2.12. The van der Waals surface area contributed by atoms with Crippen molar-refractivity contribution in [2.45, 2.75) is 0 Å². The van der Waals surface area contributed by atoms with Crippen LogP contribution in [0.4, 0.5) is 0 Å². The lowest BCUT2D eigenvalue weighted by atomic mass is 9.95. The average molecular weight is 550 g/mol. The van der Waals surface area contributed by atoms with Crippen LogP contribution in [0.1, 0.15) is 0 Å². The van der Waals surface area contributed by atoms with Crippen LogP contribution in [0.2, 0.25) is 0 Å². The Bertz CT molecular complexity index is 2510. The third-order valence-corrected chi connectivity index (χ3v) is 8.34. The molecule has 0 aliphatic heterocycles. The number of nitrogens with zero attached hydrogens (tertiary/aromatic N) is 3. The maximum Gasteiger partial charge on any atom is 0.164 e. The van der Waals surface area contributed by atoms with Crippen molar-refractivity contribution in [3.05, 3.63) is 140 Å². The second-order valence-electron chi connectivity index (χ2n) is 10.8. The van der Waals surface area contributed by atoms with Crippen LogP contribution >= 0.6 is 0 Å². The lowest BCUT2D eigenvalue weighted by molar-refractivity contribution is 0.669. The van der Waals surface area contributed by atoms with Crippen LogP contribution in [-0.2, 0) is 0 Å². The minimum Gasteiger partial charge on any atom is -0.456 e. The van der Waals surface area contributed by atoms with Gasteiger partial charge in [0.15, 0.2) is 17.5 Å². The Morgan fingerprint density at radius 1 is 0.349 bits per heavy atom. The molecule has 4 heteroatoms. The van der Waals surface area contributed by atoms with Crippen molar-refractivity contribution in [1.82, 2.24) is 15.0 Å². The predicted molar refractivity (Wildman–Crippen MR) is 176 cm³/mol. The summed E-state index contributed by atoms with van der Waals surface area (Å²) in [7, 11) is 0. The van der Waals surface area contributed by atoms with Gasteiger partial charge in [-0.15, -0.1) is 0 Å². The second kappa shape index (κ2) is 9.33. The maximum atomic E-state index is 6.20. The molecule has 43 heavy (non-hydrogen) atoms. The van der Waals surface area contributed by atoms with Crippen LogP contribution in [0.5, 0.6) is 0 Å². The molecule has 200 valence electrons. The van der Waals surface area contributed by atoms with Crippen LogP contribution in [0, 0.1) is 0 Å². The van der Waals surface area contributed by atoms with Gasteiger partial charge in [0.05, 0.1) is 0 Å². The molecule has 7 aromatic carbocycles. The topological polar surface area (TPSA) is 51.8 Å². The van der Waals surface area contributed by atoms with Gasteiger partial charge in [-0.05, 0) is 44.5 Å². The van der Waals surface area contributed by atoms with Gasteiger partial charge in [-0.2, -0.15) is 0 Å². The summed E-state index contributed by atoms with van der Waals surface area (Å²) in [6.07, 6.45) is 0. The van der Waals surface area contributed by atoms with Gasteiger partial charge in [-0.3, -0.25) is 0 Å². The van der Waals surface area contributed by atoms with E-state index < -0.39 is 0 Å². The minimum absolute atomic E-state index is 0.616. The van der Waals surface area contributed by atoms with Gasteiger partial charge in [0, 0.05) is 27.5 Å². The van der Waals surface area contributed by atoms with Gasteiger partial charge in [-0.25, -0.2) is 15.0 Å². The molecule has 0 saturated carbocycles. The number of rotatable bonds is 3. The Kier molecular flexibility index (Phi) is 5.16. The van der Waals surface area contributed by atoms with Crippen LogP contribution in [-0.4, -0.2) is 15.0 Å². The largest absolute Gasteiger partial charge is 0.456 e. The molecular formula is C39H23N3O. The highest BCUT2D eigenvalue weighted by molar-refractivity contribution is 6.19. The molecule has 9 aromatic rings. The van der Waals surface area contributed by atoms with E-state index in [1.165, 1.54) is 26.9 Å². The minimum atomic E-state index is 0.616. The summed E-state index contributed by atoms with van der Waals surface area (Å²) in [4.78, 5) is 15.3. The standard InChI is InChI=1S/C39H23N3O/c1-2-11-25(12-3-1)37-40-38(42-39(41-37)33-17-9-19-35-36(33)32-14-6-7-18-34(32)43-35)31-16-8-15-27-29-21-20-24-10-4-5-13-26(24)28(29)22-23-30(27)31/h1-23H. The fourth-order valence-electron chi connectivity index (χ4n) is 6.35. The molecule has 0 aliphatic carbocycles. The molecule has 4 nitrogen and oxygen atoms in total. The van der Waals surface area contributed by atoms with Gasteiger partial charge >= 0.3 is 0 Å². The highest BCUT2D eigenvalue weighted by atomic mass is 16.3. The number of hydrogen-bond acceptors (Lipinski definition) is 4. The normalized spacial score (nSPS) is 11.7. The van der Waals surface area contributed by atoms with Crippen molar-refractivity contribution < 1.29 is 4.42 Å². The molecule has 2 heterocycles. The van der Waals surface area contributed by atoms with Gasteiger partial charge in [0.25, 0.3) is 0 Å². The first-order valence-electron chi connectivity index (χ1n) is 14.4. The molecule has 0 amide bonds. The van der Waals surface area contributed by atoms with E-state index in [1.807, 2.05) is 60.7 Å². The van der Waals surface area contributed by atoms with Crippen LogP contribution in [0.25, 0.3) is 88.4 Å². The smallest absolute Gasteiger partial charge is 0.164 e. The third kappa shape index (κ3) is 3.74. The van der Waals surface area contributed by atoms with E-state index in [4.69, 9.17) is 19.4 Å². The Balaban J connectivity index is 1.33. The van der Waals surface area contributed by atoms with Crippen LogP contribution < -0.4 is 0 Å². The molecule has 0 radical (unpaired) electrons. The van der Waals surface area contributed by atoms with Crippen LogP contribution in [0.15, 0.2) is 144 Å². The second-order valence-corrected chi connectivity index (χ2v) is 10.8. The van der Waals surface area contributed by atoms with E-state index in [-0.39, 0.29) is 0 Å². The fraction of sp³-hybridized carbons (Fsp3) is 0. The first kappa shape index (κ1) is 23.8. The average Bonchev–Trinajstić information content (AvgIpc) is 3.47. The number of benzene rings is 7. The van der Waals surface area contributed by atoms with Gasteiger partial charge < -0.3 is 4.42 Å². The summed E-state index contributed by atoms with van der Waals surface area (Å²) in [5.41, 5.74) is 4.48. The Labute approximate surface area is 246 Å². The molecule has 0 saturated heterocycles. The van der Waals surface area contributed by atoms with E-state index in [9.17, 15) is 0 Å². The molecule has 0 atom stereocenters. The Hall–Kier alpha value is -5.87. The van der Waals surface area contributed by atoms with Crippen molar-refractivity contribution in [1.29, 1.82) is 0 Å². The lowest BCUT2D eigenvalue weighted by Crippen LogP contribution is -2.00. The molecule has 0 spiro atoms. The molecule has 0 N–H and O–H groups in total. The Morgan fingerprint density at radius 2 is 0.930 bits per heavy atom. The number of fused-ring (bicyclic) bond motifs is 8. The summed E-state index contributed by atoms with van der Waals surface area (Å²) in [6, 6.07) is 48.1. The molecule has 0 fully saturated rings. The summed E-state index contributed by atoms with van der Waals surface area (Å²) in [5.74, 6) is 1.89. The summed E-state index contributed by atoms with van der Waals surface area (Å²) >= 11 is 0. The van der Waals surface area contributed by atoms with Crippen molar-refractivity contribution in [2.75, 3.05) is 0 Å². The van der Waals surface area contributed by atoms with E-state index in [0.29, 0.717) is 17.5 Å². The van der Waals surface area contributed by atoms with E-state index >= 15 is 0 Å². The monoisotopic (exact) mass is 549 g/mol. The zero-order chi connectivity index (χ0) is 28.3. The summed E-state index contributed by atoms with van der Waals surface area (Å²) in [5, 5.41) is 9.26. The SMILES string of the molecule is c1ccc(-c2nc(-c3cccc4c3ccc3c5ccccc5ccc43)nc(-c3cccc4oc5ccccc5c34)n2)cc1. The predicted octanol–water partition coefficient (Wildman–Crippen LogP) is 10.2. The first-order chi connectivity index (χ1) is 21.3. The number of aromatic nitrogens is 3. The van der Waals surface area contributed by atoms with E-state index in [1.54, 1.807) is 0 Å². The maximum absolute atomic E-state index is 6.20. The van der Waals surface area contributed by atoms with Gasteiger partial charge in [0.1, 0.15) is 11.2 Å². The van der Waals surface area contributed by atoms with Crippen molar-refractivity contribution in [3.63, 3.8) is 0 Å². The van der Waals surface area contributed by atoms with E-state index in [2.05, 4.69) is 78.9 Å². The third-order valence-electron chi connectivity index (χ3n) is 8.34. The molecule has 0 unspecified atom stereocenters. The van der Waals surface area contributed by atoms with E-state index in [0.717, 1.165) is 44.0 Å². The molecule has 9 rings (SSSR count). The van der Waals surface area contributed by atoms with Crippen LogP contribution in [0.3, 0.4) is 0 Å². The number of para-hydroxylation sites is 1. The highest BCUT2D eigenvalue weighted by Crippen LogP contribution is 2.38. The summed E-state index contributed by atoms with van der Waals surface area (Å²) in [6.45, 7) is 0. The fourth-order valence-corrected chi connectivity index (χ4v) is 6.35. The number of furan rings is 1. The molecular weight excluding hydrogens is 526 g/mol. The zero-order valence-corrected chi connectivity index (χ0v) is 23.0. The summed E-state index contributed by atoms with van der Waals surface area (Å²) < 4.78 is 6.20. The first-order valence-corrected chi connectivity index (χ1v) is 14.4. The molecule has 0 bridgehead atoms. The zero-order valence-electron chi connectivity index (χ0n) is 23.0. The Morgan fingerprint density at radius 3 is 1.84 bits per heavy atom. The molecule has 2 aromatic heterocycles. The quantitative estimate of drug-likeness (QED) is 0.206. The van der Waals surface area contributed by atoms with Gasteiger partial charge in [-0.1, -0.05) is 127 Å². The van der Waals surface area contributed by atoms with Crippen molar-refractivity contribution in [3.8, 4) is 34.2 Å². The van der Waals surface area contributed by atoms with Crippen molar-refractivity contribution in [2.24, 2.45) is 0 Å². The van der Waals surface area contributed by atoms with Gasteiger partial charge in [0.2, 0.25) is 0 Å². The van der Waals surface area contributed by atoms with Crippen molar-refractivity contribution >= 4 is 54.3 Å². The highest BCUT2D eigenvalue weighted by Gasteiger charge is 2.19.